The van der Waals surface area contributed by atoms with E-state index in [0.717, 1.165) is 0 Å². The highest BCUT2D eigenvalue weighted by Gasteiger charge is 2.77. The van der Waals surface area contributed by atoms with E-state index >= 15 is 0 Å². The van der Waals surface area contributed by atoms with Crippen LogP contribution in [-0.2, 0) is 9.47 Å². The summed E-state index contributed by atoms with van der Waals surface area (Å²) in [7, 11) is 0. The second-order valence-corrected chi connectivity index (χ2v) is 4.19. The first kappa shape index (κ1) is 18.3. The van der Waals surface area contributed by atoms with Gasteiger partial charge in [-0.2, -0.15) is 30.7 Å². The molecule has 0 radical (unpaired) electrons. The minimum atomic E-state index is -6.86. The zero-order valence-electron chi connectivity index (χ0n) is 9.87. The van der Waals surface area contributed by atoms with Gasteiger partial charge in [-0.1, -0.05) is 0 Å². The lowest BCUT2D eigenvalue weighted by Crippen LogP contribution is -2.60. The first-order valence-electron chi connectivity index (χ1n) is 5.37. The van der Waals surface area contributed by atoms with Gasteiger partial charge in [0.05, 0.1) is 0 Å². The Morgan fingerprint density at radius 1 is 0.952 bits per heavy atom. The monoisotopic (exact) mass is 338 g/mol. The van der Waals surface area contributed by atoms with E-state index in [2.05, 4.69) is 9.47 Å². The van der Waals surface area contributed by atoms with Crippen LogP contribution in [-0.4, -0.2) is 43.2 Å². The Kier molecular flexibility index (Phi) is 4.74. The van der Waals surface area contributed by atoms with Gasteiger partial charge in [0.25, 0.3) is 6.43 Å². The molecule has 0 N–H and O–H groups in total. The van der Waals surface area contributed by atoms with Crippen molar-refractivity contribution in [3.63, 3.8) is 0 Å². The molecule has 1 aliphatic rings. The van der Waals surface area contributed by atoms with Gasteiger partial charge in [-0.15, -0.1) is 0 Å². The Labute approximate surface area is 111 Å². The molecule has 0 aromatic carbocycles. The van der Waals surface area contributed by atoms with E-state index in [1.807, 2.05) is 0 Å². The minimum absolute atomic E-state index is 0.0757. The number of rotatable bonds is 5. The van der Waals surface area contributed by atoms with Crippen molar-refractivity contribution in [3.05, 3.63) is 0 Å². The van der Waals surface area contributed by atoms with Crippen LogP contribution in [0.5, 0.6) is 0 Å². The van der Waals surface area contributed by atoms with E-state index in [1.165, 1.54) is 0 Å². The smallest absolute Gasteiger partial charge is 0.372 e. The zero-order chi connectivity index (χ0) is 16.7. The fraction of sp³-hybridized carbons (Fsp3) is 1.00. The maximum absolute atomic E-state index is 13.8. The molecule has 1 heterocycles. The summed E-state index contributed by atoms with van der Waals surface area (Å²) in [5.74, 6) is -11.7. The fourth-order valence-corrected chi connectivity index (χ4v) is 1.56. The van der Waals surface area contributed by atoms with Crippen LogP contribution in [0.15, 0.2) is 0 Å². The summed E-state index contributed by atoms with van der Waals surface area (Å²) in [6.45, 7) is -0.354. The van der Waals surface area contributed by atoms with Crippen molar-refractivity contribution in [2.45, 2.75) is 49.4 Å². The predicted octanol–water partition coefficient (Wildman–Crippen LogP) is 3.90. The molecular formula is C9H8F10O2. The lowest BCUT2D eigenvalue weighted by molar-refractivity contribution is -0.471. The van der Waals surface area contributed by atoms with Crippen LogP contribution in [0.2, 0.25) is 0 Å². The number of ether oxygens (including phenoxy) is 2. The second-order valence-electron chi connectivity index (χ2n) is 4.19. The van der Waals surface area contributed by atoms with Crippen molar-refractivity contribution in [1.29, 1.82) is 0 Å². The van der Waals surface area contributed by atoms with Gasteiger partial charge in [-0.3, -0.25) is 4.74 Å². The molecule has 2 nitrogen and oxygen atoms in total. The maximum atomic E-state index is 13.8. The van der Waals surface area contributed by atoms with Crippen molar-refractivity contribution < 1.29 is 53.4 Å². The number of hydrogen-bond donors (Lipinski definition) is 0. The molecule has 0 bridgehead atoms. The average Bonchev–Trinajstić information content (AvgIpc) is 2.79. The number of hydrogen-bond acceptors (Lipinski definition) is 2. The van der Waals surface area contributed by atoms with Crippen molar-refractivity contribution in [3.8, 4) is 0 Å². The molecule has 0 saturated carbocycles. The van der Waals surface area contributed by atoms with Crippen LogP contribution in [0.1, 0.15) is 12.8 Å². The molecule has 0 aromatic rings. The van der Waals surface area contributed by atoms with E-state index in [0.29, 0.717) is 0 Å². The summed E-state index contributed by atoms with van der Waals surface area (Å²) < 4.78 is 132. The predicted molar refractivity (Wildman–Crippen MR) is 45.9 cm³/mol. The van der Waals surface area contributed by atoms with Crippen LogP contribution < -0.4 is 0 Å². The van der Waals surface area contributed by atoms with Crippen LogP contribution in [0.3, 0.4) is 0 Å². The lowest BCUT2D eigenvalue weighted by Gasteiger charge is -2.36. The van der Waals surface area contributed by atoms with Crippen LogP contribution in [0.4, 0.5) is 43.9 Å². The standard InChI is InChI=1S/C9H8F10O2/c10-5(11)6(12,4-2-1-3-20-4)21-9(18,19)7(13,14)8(15,16)17/h4-5H,1-3H2. The molecule has 12 heteroatoms. The van der Waals surface area contributed by atoms with Crippen molar-refractivity contribution >= 4 is 0 Å². The highest BCUT2D eigenvalue weighted by molar-refractivity contribution is 4.91. The molecule has 21 heavy (non-hydrogen) atoms. The molecule has 0 spiro atoms. The van der Waals surface area contributed by atoms with Crippen molar-refractivity contribution in [2.24, 2.45) is 0 Å². The van der Waals surface area contributed by atoms with Crippen LogP contribution in [0, 0.1) is 0 Å². The first-order chi connectivity index (χ1) is 9.26. The molecule has 0 aliphatic carbocycles. The average molecular weight is 338 g/mol. The maximum Gasteiger partial charge on any atom is 0.462 e. The molecule has 2 unspecified atom stereocenters. The second kappa shape index (κ2) is 5.45. The number of halogens is 10. The van der Waals surface area contributed by atoms with E-state index in [1.54, 1.807) is 0 Å². The van der Waals surface area contributed by atoms with Gasteiger partial charge >= 0.3 is 24.1 Å². The molecule has 1 rings (SSSR count). The summed E-state index contributed by atoms with van der Waals surface area (Å²) >= 11 is 0. The van der Waals surface area contributed by atoms with E-state index in [4.69, 9.17) is 0 Å². The van der Waals surface area contributed by atoms with E-state index in [-0.39, 0.29) is 13.0 Å². The quantitative estimate of drug-likeness (QED) is 0.708. The molecule has 126 valence electrons. The van der Waals surface area contributed by atoms with Gasteiger partial charge in [0.2, 0.25) is 0 Å². The van der Waals surface area contributed by atoms with E-state index < -0.39 is 43.0 Å². The SMILES string of the molecule is FC(F)C(F)(OC(F)(F)C(F)(F)C(F)(F)F)C1CCCO1. The van der Waals surface area contributed by atoms with Gasteiger partial charge in [0.15, 0.2) is 0 Å². The third-order valence-electron chi connectivity index (χ3n) is 2.67. The van der Waals surface area contributed by atoms with Gasteiger partial charge < -0.3 is 4.74 Å². The van der Waals surface area contributed by atoms with Gasteiger partial charge in [0, 0.05) is 6.61 Å². The third-order valence-corrected chi connectivity index (χ3v) is 2.67. The fourth-order valence-electron chi connectivity index (χ4n) is 1.56. The summed E-state index contributed by atoms with van der Waals surface area (Å²) in [5.41, 5.74) is 0. The molecule has 1 fully saturated rings. The van der Waals surface area contributed by atoms with Crippen LogP contribution >= 0.6 is 0 Å². The Balaban J connectivity index is 3.08. The Morgan fingerprint density at radius 2 is 1.48 bits per heavy atom. The Bertz CT molecular complexity index is 362. The molecule has 0 aromatic heterocycles. The molecule has 1 aliphatic heterocycles. The van der Waals surface area contributed by atoms with Gasteiger partial charge in [0.1, 0.15) is 6.10 Å². The zero-order valence-corrected chi connectivity index (χ0v) is 9.87. The van der Waals surface area contributed by atoms with Crippen molar-refractivity contribution in [2.75, 3.05) is 6.61 Å². The van der Waals surface area contributed by atoms with Crippen molar-refractivity contribution in [1.82, 2.24) is 0 Å². The Morgan fingerprint density at radius 3 is 1.81 bits per heavy atom. The largest absolute Gasteiger partial charge is 0.462 e. The summed E-state index contributed by atoms with van der Waals surface area (Å²) in [4.78, 5) is 0. The highest BCUT2D eigenvalue weighted by atomic mass is 19.4. The van der Waals surface area contributed by atoms with E-state index in [9.17, 15) is 43.9 Å². The molecule has 0 amide bonds. The molecular weight excluding hydrogens is 330 g/mol. The summed E-state index contributed by atoms with van der Waals surface area (Å²) in [6.07, 6.45) is -20.8. The highest BCUT2D eigenvalue weighted by Crippen LogP contribution is 2.50. The summed E-state index contributed by atoms with van der Waals surface area (Å²) in [6, 6.07) is 0. The lowest BCUT2D eigenvalue weighted by atomic mass is 10.1. The Hall–Kier alpha value is -0.780. The normalized spacial score (nSPS) is 24.4. The molecule has 1 saturated heterocycles. The molecule has 2 atom stereocenters. The number of alkyl halides is 10. The first-order valence-corrected chi connectivity index (χ1v) is 5.37. The topological polar surface area (TPSA) is 18.5 Å². The van der Waals surface area contributed by atoms with Gasteiger partial charge in [-0.25, -0.2) is 13.2 Å². The summed E-state index contributed by atoms with van der Waals surface area (Å²) in [5, 5.41) is 0. The van der Waals surface area contributed by atoms with Crippen LogP contribution in [0.25, 0.3) is 0 Å². The van der Waals surface area contributed by atoms with Gasteiger partial charge in [-0.05, 0) is 12.8 Å². The third kappa shape index (κ3) is 3.20. The minimum Gasteiger partial charge on any atom is -0.372 e.